The van der Waals surface area contributed by atoms with E-state index in [1.807, 2.05) is 17.0 Å². The van der Waals surface area contributed by atoms with Gasteiger partial charge in [0.2, 0.25) is 5.91 Å². The number of fused-ring (bicyclic) bond motifs is 1. The van der Waals surface area contributed by atoms with Crippen LogP contribution in [0.5, 0.6) is 5.75 Å². The highest BCUT2D eigenvalue weighted by molar-refractivity contribution is 7.10. The minimum atomic E-state index is -0.0660. The van der Waals surface area contributed by atoms with Crippen molar-refractivity contribution in [2.75, 3.05) is 26.2 Å². The van der Waals surface area contributed by atoms with Crippen LogP contribution in [0.2, 0.25) is 5.02 Å². The van der Waals surface area contributed by atoms with Crippen LogP contribution >= 0.6 is 22.9 Å². The number of amides is 1. The zero-order valence-electron chi connectivity index (χ0n) is 13.9. The Morgan fingerprint density at radius 2 is 2.20 bits per heavy atom. The normalized spacial score (nSPS) is 16.4. The van der Waals surface area contributed by atoms with Crippen LogP contribution in [-0.4, -0.2) is 37.0 Å². The van der Waals surface area contributed by atoms with Crippen LogP contribution in [-0.2, 0) is 11.2 Å². The molecule has 2 heterocycles. The highest BCUT2D eigenvalue weighted by atomic mass is 35.5. The Labute approximate surface area is 157 Å². The third kappa shape index (κ3) is 4.42. The second-order valence-corrected chi connectivity index (χ2v) is 7.27. The first-order valence-corrected chi connectivity index (χ1v) is 9.50. The molecule has 3 rings (SSSR count). The summed E-state index contributed by atoms with van der Waals surface area (Å²) in [5.74, 6) is 0.840. The van der Waals surface area contributed by atoms with Crippen molar-refractivity contribution in [3.63, 3.8) is 0 Å². The first kappa shape index (κ1) is 18.0. The smallest absolute Gasteiger partial charge is 0.237 e. The zero-order valence-corrected chi connectivity index (χ0v) is 15.5. The molecule has 1 aliphatic heterocycles. The van der Waals surface area contributed by atoms with Gasteiger partial charge in [-0.15, -0.1) is 17.9 Å². The molecule has 1 amide bonds. The van der Waals surface area contributed by atoms with Crippen molar-refractivity contribution in [1.29, 1.82) is 0 Å². The Morgan fingerprint density at radius 3 is 2.96 bits per heavy atom. The quantitative estimate of drug-likeness (QED) is 0.592. The van der Waals surface area contributed by atoms with Crippen molar-refractivity contribution in [2.24, 2.45) is 0 Å². The first-order valence-electron chi connectivity index (χ1n) is 8.24. The topological polar surface area (TPSA) is 41.6 Å². The summed E-state index contributed by atoms with van der Waals surface area (Å²) in [5.41, 5.74) is 1.20. The van der Waals surface area contributed by atoms with Crippen LogP contribution in [0.1, 0.15) is 16.5 Å². The largest absolute Gasteiger partial charge is 0.491 e. The number of rotatable bonds is 7. The third-order valence-corrected chi connectivity index (χ3v) is 5.45. The first-order chi connectivity index (χ1) is 12.2. The summed E-state index contributed by atoms with van der Waals surface area (Å²) < 4.78 is 5.95. The van der Waals surface area contributed by atoms with Gasteiger partial charge in [-0.1, -0.05) is 17.7 Å². The van der Waals surface area contributed by atoms with Crippen molar-refractivity contribution in [1.82, 2.24) is 10.2 Å². The summed E-state index contributed by atoms with van der Waals surface area (Å²) >= 11 is 7.67. The van der Waals surface area contributed by atoms with Gasteiger partial charge in [0.1, 0.15) is 12.4 Å². The van der Waals surface area contributed by atoms with E-state index in [9.17, 15) is 4.79 Å². The second kappa shape index (κ2) is 8.52. The van der Waals surface area contributed by atoms with Crippen LogP contribution in [0.25, 0.3) is 0 Å². The molecular formula is C19H21ClN2O2S. The fraction of sp³-hybridized carbons (Fsp3) is 0.316. The highest BCUT2D eigenvalue weighted by Crippen LogP contribution is 2.33. The lowest BCUT2D eigenvalue weighted by Gasteiger charge is -2.36. The Morgan fingerprint density at radius 1 is 1.40 bits per heavy atom. The van der Waals surface area contributed by atoms with E-state index in [0.29, 0.717) is 24.7 Å². The standard InChI is InChI=1S/C19H21ClN2O2S/c1-2-9-21-12-19(23)22-10-7-18-16(8-11-25-18)17(22)13-24-15-5-3-14(20)4-6-15/h2-6,8,11,17,21H,1,7,9-10,12-13H2. The molecule has 0 saturated carbocycles. The monoisotopic (exact) mass is 376 g/mol. The van der Waals surface area contributed by atoms with E-state index in [2.05, 4.69) is 23.3 Å². The number of nitrogens with one attached hydrogen (secondary N) is 1. The minimum absolute atomic E-state index is 0.0660. The zero-order chi connectivity index (χ0) is 17.6. The number of benzene rings is 1. The van der Waals surface area contributed by atoms with Crippen molar-refractivity contribution in [2.45, 2.75) is 12.5 Å². The molecule has 25 heavy (non-hydrogen) atoms. The lowest BCUT2D eigenvalue weighted by atomic mass is 10.0. The molecule has 0 spiro atoms. The lowest BCUT2D eigenvalue weighted by molar-refractivity contribution is -0.133. The molecule has 4 nitrogen and oxygen atoms in total. The third-order valence-electron chi connectivity index (χ3n) is 4.20. The number of hydrogen-bond donors (Lipinski definition) is 1. The lowest BCUT2D eigenvalue weighted by Crippen LogP contribution is -2.45. The molecule has 1 unspecified atom stereocenters. The summed E-state index contributed by atoms with van der Waals surface area (Å²) in [4.78, 5) is 15.9. The molecule has 1 aromatic heterocycles. The molecule has 6 heteroatoms. The summed E-state index contributed by atoms with van der Waals surface area (Å²) in [6, 6.07) is 9.33. The summed E-state index contributed by atoms with van der Waals surface area (Å²) in [7, 11) is 0. The van der Waals surface area contributed by atoms with Gasteiger partial charge in [-0.05, 0) is 47.7 Å². The van der Waals surface area contributed by atoms with Gasteiger partial charge in [0.05, 0.1) is 12.6 Å². The predicted octanol–water partition coefficient (Wildman–Crippen LogP) is 3.68. The van der Waals surface area contributed by atoms with Gasteiger partial charge < -0.3 is 15.0 Å². The predicted molar refractivity (Wildman–Crippen MR) is 102 cm³/mol. The maximum Gasteiger partial charge on any atom is 0.237 e. The van der Waals surface area contributed by atoms with E-state index in [4.69, 9.17) is 16.3 Å². The number of hydrogen-bond acceptors (Lipinski definition) is 4. The number of carbonyl (C=O) groups is 1. The van der Waals surface area contributed by atoms with E-state index in [0.717, 1.165) is 18.7 Å². The van der Waals surface area contributed by atoms with Crippen LogP contribution in [0.15, 0.2) is 48.4 Å². The van der Waals surface area contributed by atoms with E-state index >= 15 is 0 Å². The van der Waals surface area contributed by atoms with E-state index in [1.54, 1.807) is 29.5 Å². The molecule has 0 radical (unpaired) electrons. The van der Waals surface area contributed by atoms with E-state index in [-0.39, 0.29) is 11.9 Å². The number of carbonyl (C=O) groups excluding carboxylic acids is 1. The van der Waals surface area contributed by atoms with Crippen molar-refractivity contribution in [3.05, 3.63) is 63.8 Å². The van der Waals surface area contributed by atoms with Crippen LogP contribution in [0, 0.1) is 0 Å². The van der Waals surface area contributed by atoms with Gasteiger partial charge in [-0.2, -0.15) is 0 Å². The van der Waals surface area contributed by atoms with Crippen molar-refractivity contribution < 1.29 is 9.53 Å². The molecule has 1 atom stereocenters. The molecule has 0 bridgehead atoms. The van der Waals surface area contributed by atoms with Gasteiger partial charge >= 0.3 is 0 Å². The summed E-state index contributed by atoms with van der Waals surface area (Å²) in [5, 5.41) is 5.85. The number of halogens is 1. The molecule has 1 N–H and O–H groups in total. The minimum Gasteiger partial charge on any atom is -0.491 e. The Bertz CT molecular complexity index is 729. The van der Waals surface area contributed by atoms with E-state index in [1.165, 1.54) is 10.4 Å². The molecule has 132 valence electrons. The average Bonchev–Trinajstić information content (AvgIpc) is 3.10. The molecule has 0 fully saturated rings. The molecule has 1 aromatic carbocycles. The summed E-state index contributed by atoms with van der Waals surface area (Å²) in [6.07, 6.45) is 2.65. The number of nitrogens with zero attached hydrogens (tertiary/aromatic N) is 1. The van der Waals surface area contributed by atoms with Crippen molar-refractivity contribution >= 4 is 28.8 Å². The van der Waals surface area contributed by atoms with Crippen LogP contribution < -0.4 is 10.1 Å². The van der Waals surface area contributed by atoms with Crippen molar-refractivity contribution in [3.8, 4) is 5.75 Å². The van der Waals surface area contributed by atoms with Gasteiger partial charge in [-0.3, -0.25) is 4.79 Å². The van der Waals surface area contributed by atoms with Gasteiger partial charge in [-0.25, -0.2) is 0 Å². The van der Waals surface area contributed by atoms with E-state index < -0.39 is 0 Å². The van der Waals surface area contributed by atoms with Crippen LogP contribution in [0.4, 0.5) is 0 Å². The molecular weight excluding hydrogens is 356 g/mol. The van der Waals surface area contributed by atoms with Crippen LogP contribution in [0.3, 0.4) is 0 Å². The maximum absolute atomic E-state index is 12.6. The Balaban J connectivity index is 1.72. The molecule has 2 aromatic rings. The molecule has 0 saturated heterocycles. The second-order valence-electron chi connectivity index (χ2n) is 5.84. The fourth-order valence-electron chi connectivity index (χ4n) is 2.96. The molecule has 0 aliphatic carbocycles. The van der Waals surface area contributed by atoms with Gasteiger partial charge in [0.15, 0.2) is 0 Å². The van der Waals surface area contributed by atoms with Gasteiger partial charge in [0, 0.05) is 23.0 Å². The molecule has 1 aliphatic rings. The number of thiophene rings is 1. The van der Waals surface area contributed by atoms with Gasteiger partial charge in [0.25, 0.3) is 0 Å². The fourth-order valence-corrected chi connectivity index (χ4v) is 4.02. The number of ether oxygens (including phenoxy) is 1. The highest BCUT2D eigenvalue weighted by Gasteiger charge is 2.31. The Hall–Kier alpha value is -1.82. The maximum atomic E-state index is 12.6. The Kier molecular flexibility index (Phi) is 6.13. The SMILES string of the molecule is C=CCNCC(=O)N1CCc2sccc2C1COc1ccc(Cl)cc1. The summed E-state index contributed by atoms with van der Waals surface area (Å²) in [6.45, 7) is 5.74. The average molecular weight is 377 g/mol.